The predicted octanol–water partition coefficient (Wildman–Crippen LogP) is 6.53. The summed E-state index contributed by atoms with van der Waals surface area (Å²) in [7, 11) is 0. The van der Waals surface area contributed by atoms with Gasteiger partial charge in [-0.3, -0.25) is 0 Å². The minimum atomic E-state index is 1.21. The van der Waals surface area contributed by atoms with Gasteiger partial charge < -0.3 is 0 Å². The maximum absolute atomic E-state index is 4.16. The van der Waals surface area contributed by atoms with E-state index in [0.29, 0.717) is 0 Å². The Hall–Kier alpha value is -0.690. The maximum atomic E-state index is 4.16. The van der Waals surface area contributed by atoms with Crippen LogP contribution < -0.4 is 0 Å². The summed E-state index contributed by atoms with van der Waals surface area (Å²) in [5.74, 6) is 1.21. The molecule has 1 rings (SSSR count). The molecule has 0 atom stereocenters. The van der Waals surface area contributed by atoms with Gasteiger partial charge in [0.25, 0.3) is 0 Å². The van der Waals surface area contributed by atoms with Crippen molar-refractivity contribution in [3.8, 4) is 0 Å². The van der Waals surface area contributed by atoms with E-state index in [1.165, 1.54) is 67.6 Å². The van der Waals surface area contributed by atoms with Crippen LogP contribution in [0.3, 0.4) is 0 Å². The molecule has 0 aromatic heterocycles. The second kappa shape index (κ2) is 11.2. The molecule has 0 aliphatic rings. The van der Waals surface area contributed by atoms with Gasteiger partial charge >= 0.3 is 0 Å². The van der Waals surface area contributed by atoms with Gasteiger partial charge in [0.2, 0.25) is 0 Å². The maximum Gasteiger partial charge on any atom is 0.00725 e. The van der Waals surface area contributed by atoms with Crippen molar-refractivity contribution in [1.29, 1.82) is 0 Å². The lowest BCUT2D eigenvalue weighted by molar-refractivity contribution is 0.586. The van der Waals surface area contributed by atoms with Crippen LogP contribution in [0.2, 0.25) is 0 Å². The first-order valence-corrected chi connectivity index (χ1v) is 8.70. The predicted molar refractivity (Wildman–Crippen MR) is 90.5 cm³/mol. The molecule has 106 valence electrons. The van der Waals surface area contributed by atoms with Crippen molar-refractivity contribution in [2.45, 2.75) is 58.3 Å². The molecule has 0 unspecified atom stereocenters. The third-order valence-corrected chi connectivity index (χ3v) is 4.45. The van der Waals surface area contributed by atoms with E-state index in [1.807, 2.05) is 11.8 Å². The molecule has 0 saturated carbocycles. The molecule has 0 spiro atoms. The third-order valence-electron chi connectivity index (χ3n) is 3.37. The summed E-state index contributed by atoms with van der Waals surface area (Å²) in [6.45, 7) is 6.43. The van der Waals surface area contributed by atoms with Crippen molar-refractivity contribution in [3.63, 3.8) is 0 Å². The Labute approximate surface area is 123 Å². The zero-order chi connectivity index (χ0) is 13.8. The van der Waals surface area contributed by atoms with Crippen LogP contribution in [0.15, 0.2) is 36.9 Å². The molecule has 1 aromatic carbocycles. The van der Waals surface area contributed by atoms with Gasteiger partial charge in [-0.05, 0) is 17.7 Å². The molecular weight excluding hydrogens is 248 g/mol. The van der Waals surface area contributed by atoms with Crippen molar-refractivity contribution in [3.05, 3.63) is 42.5 Å². The zero-order valence-corrected chi connectivity index (χ0v) is 13.2. The molecule has 0 saturated heterocycles. The molecule has 0 aliphatic heterocycles. The molecule has 0 amide bonds. The van der Waals surface area contributed by atoms with Gasteiger partial charge in [0.15, 0.2) is 0 Å². The number of unbranched alkanes of at least 4 members (excludes halogenated alkanes) is 7. The first-order valence-electron chi connectivity index (χ1n) is 7.71. The molecule has 0 nitrogen and oxygen atoms in total. The molecule has 0 heterocycles. The summed E-state index contributed by atoms with van der Waals surface area (Å²) in [5, 5.41) is 0. The van der Waals surface area contributed by atoms with E-state index in [4.69, 9.17) is 0 Å². The summed E-state index contributed by atoms with van der Waals surface area (Å²) >= 11 is 1.91. The molecule has 0 bridgehead atoms. The van der Waals surface area contributed by atoms with E-state index in [1.54, 1.807) is 0 Å². The van der Waals surface area contributed by atoms with Crippen molar-refractivity contribution < 1.29 is 0 Å². The van der Waals surface area contributed by atoms with Crippen LogP contribution in [0, 0.1) is 0 Å². The fourth-order valence-corrected chi connectivity index (χ4v) is 3.04. The fourth-order valence-electron chi connectivity index (χ4n) is 2.14. The van der Waals surface area contributed by atoms with Gasteiger partial charge in [-0.2, -0.15) is 0 Å². The molecule has 0 aliphatic carbocycles. The number of rotatable bonds is 11. The summed E-state index contributed by atoms with van der Waals surface area (Å²) in [6.07, 6.45) is 11.1. The second-order valence-electron chi connectivity index (χ2n) is 5.11. The Morgan fingerprint density at radius 2 is 1.47 bits per heavy atom. The van der Waals surface area contributed by atoms with Crippen LogP contribution in [0.4, 0.5) is 0 Å². The number of hydrogen-bond acceptors (Lipinski definition) is 1. The number of benzene rings is 1. The van der Waals surface area contributed by atoms with Crippen LogP contribution >= 0.6 is 11.8 Å². The lowest BCUT2D eigenvalue weighted by Crippen LogP contribution is -1.84. The highest BCUT2D eigenvalue weighted by Crippen LogP contribution is 2.26. The molecule has 0 radical (unpaired) electrons. The lowest BCUT2D eigenvalue weighted by atomic mass is 10.1. The van der Waals surface area contributed by atoms with Gasteiger partial charge in [-0.1, -0.05) is 88.8 Å². The lowest BCUT2D eigenvalue weighted by Gasteiger charge is -2.05. The third kappa shape index (κ3) is 8.15. The van der Waals surface area contributed by atoms with Crippen LogP contribution in [0.25, 0.3) is 4.91 Å². The summed E-state index contributed by atoms with van der Waals surface area (Å²) in [5.41, 5.74) is 1.27. The van der Waals surface area contributed by atoms with Gasteiger partial charge in [0, 0.05) is 4.91 Å². The monoisotopic (exact) mass is 276 g/mol. The molecular formula is C18H28S. The molecule has 0 fully saturated rings. The van der Waals surface area contributed by atoms with E-state index >= 15 is 0 Å². The Morgan fingerprint density at radius 1 is 0.895 bits per heavy atom. The highest BCUT2D eigenvalue weighted by atomic mass is 32.2. The van der Waals surface area contributed by atoms with Crippen molar-refractivity contribution in [2.75, 3.05) is 5.75 Å². The number of hydrogen-bond donors (Lipinski definition) is 0. The molecule has 1 heteroatoms. The minimum Gasteiger partial charge on any atom is -0.126 e. The van der Waals surface area contributed by atoms with Crippen LogP contribution in [0.5, 0.6) is 0 Å². The summed E-state index contributed by atoms with van der Waals surface area (Å²) in [6, 6.07) is 10.5. The Balaban J connectivity index is 1.95. The quantitative estimate of drug-likeness (QED) is 0.414. The second-order valence-corrected chi connectivity index (χ2v) is 6.30. The van der Waals surface area contributed by atoms with E-state index in [0.717, 1.165) is 0 Å². The Kier molecular flexibility index (Phi) is 9.61. The van der Waals surface area contributed by atoms with E-state index in [2.05, 4.69) is 43.8 Å². The van der Waals surface area contributed by atoms with E-state index in [-0.39, 0.29) is 0 Å². The van der Waals surface area contributed by atoms with Gasteiger partial charge in [-0.15, -0.1) is 11.8 Å². The Morgan fingerprint density at radius 3 is 2.11 bits per heavy atom. The van der Waals surface area contributed by atoms with E-state index < -0.39 is 0 Å². The standard InChI is InChI=1S/C18H28S/c1-3-4-5-6-7-8-9-13-16-19-17(2)18-14-11-10-12-15-18/h10-12,14-15H,2-9,13,16H2,1H3. The molecule has 19 heavy (non-hydrogen) atoms. The van der Waals surface area contributed by atoms with E-state index in [9.17, 15) is 0 Å². The topological polar surface area (TPSA) is 0 Å². The number of thioether (sulfide) groups is 1. The van der Waals surface area contributed by atoms with Gasteiger partial charge in [-0.25, -0.2) is 0 Å². The Bertz CT molecular complexity index is 329. The highest BCUT2D eigenvalue weighted by Gasteiger charge is 1.98. The fraction of sp³-hybridized carbons (Fsp3) is 0.556. The largest absolute Gasteiger partial charge is 0.126 e. The average molecular weight is 276 g/mol. The summed E-state index contributed by atoms with van der Waals surface area (Å²) in [4.78, 5) is 1.21. The van der Waals surface area contributed by atoms with Gasteiger partial charge in [0.05, 0.1) is 0 Å². The average Bonchev–Trinajstić information content (AvgIpc) is 2.46. The van der Waals surface area contributed by atoms with Crippen molar-refractivity contribution >= 4 is 16.7 Å². The van der Waals surface area contributed by atoms with Crippen LogP contribution in [-0.4, -0.2) is 5.75 Å². The molecule has 0 N–H and O–H groups in total. The van der Waals surface area contributed by atoms with Crippen LogP contribution in [0.1, 0.15) is 63.9 Å². The smallest absolute Gasteiger partial charge is 0.00725 e. The zero-order valence-electron chi connectivity index (χ0n) is 12.4. The van der Waals surface area contributed by atoms with Crippen LogP contribution in [-0.2, 0) is 0 Å². The van der Waals surface area contributed by atoms with Crippen molar-refractivity contribution in [2.24, 2.45) is 0 Å². The van der Waals surface area contributed by atoms with Crippen molar-refractivity contribution in [1.82, 2.24) is 0 Å². The minimum absolute atomic E-state index is 1.21. The SMILES string of the molecule is C=C(SCCCCCCCCCC)c1ccccc1. The normalized spacial score (nSPS) is 10.6. The highest BCUT2D eigenvalue weighted by molar-refractivity contribution is 8.08. The molecule has 1 aromatic rings. The first-order chi connectivity index (χ1) is 9.34. The first kappa shape index (κ1) is 16.4. The summed E-state index contributed by atoms with van der Waals surface area (Å²) < 4.78 is 0. The van der Waals surface area contributed by atoms with Gasteiger partial charge in [0.1, 0.15) is 0 Å².